The monoisotopic (exact) mass is 257 g/mol. The number of nitrogens with one attached hydrogen (secondary N) is 1. The summed E-state index contributed by atoms with van der Waals surface area (Å²) in [7, 11) is 0. The van der Waals surface area contributed by atoms with Gasteiger partial charge in [0.1, 0.15) is 29.5 Å². The highest BCUT2D eigenvalue weighted by Gasteiger charge is 2.31. The number of ether oxygens (including phenoxy) is 1. The summed E-state index contributed by atoms with van der Waals surface area (Å²) in [6.07, 6.45) is 0. The minimum Gasteiger partial charge on any atom is -0.480 e. The van der Waals surface area contributed by atoms with E-state index in [9.17, 15) is 4.79 Å². The number of rotatable bonds is 5. The number of carbonyl (C=O) groups is 1. The van der Waals surface area contributed by atoms with E-state index in [1.165, 1.54) is 0 Å². The van der Waals surface area contributed by atoms with Crippen molar-refractivity contribution in [2.75, 3.05) is 12.4 Å². The highest BCUT2D eigenvalue weighted by atomic mass is 32.2. The van der Waals surface area contributed by atoms with Crippen LogP contribution in [0.15, 0.2) is 16.5 Å². The second-order valence-corrected chi connectivity index (χ2v) is 4.85. The number of thioether (sulfide) groups is 1. The van der Waals surface area contributed by atoms with E-state index in [0.717, 1.165) is 11.5 Å². The Morgan fingerprint density at radius 2 is 2.53 bits per heavy atom. The fourth-order valence-electron chi connectivity index (χ4n) is 1.59. The number of furan rings is 1. The first kappa shape index (κ1) is 12.5. The lowest BCUT2D eigenvalue weighted by Gasteiger charge is -2.07. The van der Waals surface area contributed by atoms with Gasteiger partial charge in [-0.3, -0.25) is 10.1 Å². The molecule has 0 bridgehead atoms. The van der Waals surface area contributed by atoms with Gasteiger partial charge in [0.15, 0.2) is 0 Å². The molecule has 0 spiro atoms. The summed E-state index contributed by atoms with van der Waals surface area (Å²) in [5.41, 5.74) is 0. The van der Waals surface area contributed by atoms with E-state index in [4.69, 9.17) is 14.3 Å². The van der Waals surface area contributed by atoms with E-state index < -0.39 is 12.0 Å². The van der Waals surface area contributed by atoms with E-state index in [1.807, 2.05) is 19.1 Å². The van der Waals surface area contributed by atoms with Crippen LogP contribution in [0.25, 0.3) is 0 Å². The molecule has 1 aromatic rings. The molecule has 2 atom stereocenters. The summed E-state index contributed by atoms with van der Waals surface area (Å²) >= 11 is 1.54. The first-order valence-electron chi connectivity index (χ1n) is 5.47. The molecule has 2 rings (SSSR count). The third-order valence-electron chi connectivity index (χ3n) is 2.47. The molecule has 1 aromatic heterocycles. The first-order chi connectivity index (χ1) is 8.20. The van der Waals surface area contributed by atoms with Crippen LogP contribution in [-0.2, 0) is 16.1 Å². The minimum atomic E-state index is -0.818. The van der Waals surface area contributed by atoms with Gasteiger partial charge in [0.25, 0.3) is 0 Å². The van der Waals surface area contributed by atoms with E-state index in [-0.39, 0.29) is 5.37 Å². The predicted molar refractivity (Wildman–Crippen MR) is 63.8 cm³/mol. The largest absolute Gasteiger partial charge is 0.480 e. The van der Waals surface area contributed by atoms with E-state index >= 15 is 0 Å². The van der Waals surface area contributed by atoms with Crippen LogP contribution in [0.2, 0.25) is 0 Å². The van der Waals surface area contributed by atoms with Crippen molar-refractivity contribution in [2.24, 2.45) is 0 Å². The van der Waals surface area contributed by atoms with E-state index in [1.54, 1.807) is 11.8 Å². The molecule has 0 radical (unpaired) electrons. The minimum absolute atomic E-state index is 0.0773. The summed E-state index contributed by atoms with van der Waals surface area (Å²) in [6.45, 7) is 3.03. The van der Waals surface area contributed by atoms with Crippen molar-refractivity contribution in [1.29, 1.82) is 0 Å². The number of hydrogen-bond acceptors (Lipinski definition) is 5. The molecule has 6 heteroatoms. The Morgan fingerprint density at radius 1 is 1.71 bits per heavy atom. The molecule has 2 N–H and O–H groups in total. The van der Waals surface area contributed by atoms with Gasteiger partial charge < -0.3 is 14.3 Å². The van der Waals surface area contributed by atoms with Crippen molar-refractivity contribution in [1.82, 2.24) is 5.32 Å². The average Bonchev–Trinajstić information content (AvgIpc) is 2.94. The SMILES string of the molecule is CCOCc1ccc(C2NC(C(=O)O)CS2)o1. The molecule has 0 aliphatic carbocycles. The number of hydrogen-bond donors (Lipinski definition) is 2. The molecule has 0 saturated carbocycles. The quantitative estimate of drug-likeness (QED) is 0.835. The molecule has 17 heavy (non-hydrogen) atoms. The summed E-state index contributed by atoms with van der Waals surface area (Å²) in [5.74, 6) is 1.26. The van der Waals surface area contributed by atoms with E-state index in [2.05, 4.69) is 5.32 Å². The molecule has 1 fully saturated rings. The maximum Gasteiger partial charge on any atom is 0.321 e. The Bertz CT molecular complexity index is 393. The zero-order valence-electron chi connectivity index (χ0n) is 9.51. The smallest absolute Gasteiger partial charge is 0.321 e. The maximum absolute atomic E-state index is 10.8. The van der Waals surface area contributed by atoms with Crippen LogP contribution in [0.3, 0.4) is 0 Å². The molecular weight excluding hydrogens is 242 g/mol. The topological polar surface area (TPSA) is 71.7 Å². The van der Waals surface area contributed by atoms with Crippen molar-refractivity contribution in [3.05, 3.63) is 23.7 Å². The van der Waals surface area contributed by atoms with Crippen LogP contribution >= 0.6 is 11.8 Å². The van der Waals surface area contributed by atoms with Gasteiger partial charge in [0.2, 0.25) is 0 Å². The molecule has 2 unspecified atom stereocenters. The molecule has 0 amide bonds. The molecule has 1 aliphatic rings. The molecule has 94 valence electrons. The van der Waals surface area contributed by atoms with Crippen LogP contribution < -0.4 is 5.32 Å². The van der Waals surface area contributed by atoms with Crippen LogP contribution in [-0.4, -0.2) is 29.5 Å². The fourth-order valence-corrected chi connectivity index (χ4v) is 2.77. The standard InChI is InChI=1S/C11H15NO4S/c1-2-15-5-7-3-4-9(16-7)10-12-8(6-17-10)11(13)14/h3-4,8,10,12H,2,5-6H2,1H3,(H,13,14). The van der Waals surface area contributed by atoms with Gasteiger partial charge in [-0.15, -0.1) is 11.8 Å². The third-order valence-corrected chi connectivity index (χ3v) is 3.70. The van der Waals surface area contributed by atoms with E-state index in [0.29, 0.717) is 19.0 Å². The van der Waals surface area contributed by atoms with Gasteiger partial charge in [-0.2, -0.15) is 0 Å². The van der Waals surface area contributed by atoms with Crippen molar-refractivity contribution < 1.29 is 19.1 Å². The average molecular weight is 257 g/mol. The summed E-state index contributed by atoms with van der Waals surface area (Å²) < 4.78 is 10.8. The lowest BCUT2D eigenvalue weighted by Crippen LogP contribution is -2.33. The molecule has 2 heterocycles. The number of carboxylic acid groups (broad SMARTS) is 1. The van der Waals surface area contributed by atoms with Crippen LogP contribution in [0.5, 0.6) is 0 Å². The summed E-state index contributed by atoms with van der Waals surface area (Å²) in [6, 6.07) is 3.23. The molecule has 1 aliphatic heterocycles. The van der Waals surface area contributed by atoms with Crippen LogP contribution in [0.4, 0.5) is 0 Å². The Kier molecular flexibility index (Phi) is 4.09. The van der Waals surface area contributed by atoms with Gasteiger partial charge in [-0.25, -0.2) is 0 Å². The zero-order valence-corrected chi connectivity index (χ0v) is 10.3. The molecular formula is C11H15NO4S. The number of carboxylic acids is 1. The third kappa shape index (κ3) is 3.02. The Labute approximate surface area is 104 Å². The Morgan fingerprint density at radius 3 is 3.18 bits per heavy atom. The van der Waals surface area contributed by atoms with Crippen molar-refractivity contribution in [3.63, 3.8) is 0 Å². The second kappa shape index (κ2) is 5.57. The highest BCUT2D eigenvalue weighted by Crippen LogP contribution is 2.33. The molecule has 1 saturated heterocycles. The fraction of sp³-hybridized carbons (Fsp3) is 0.545. The second-order valence-electron chi connectivity index (χ2n) is 3.71. The predicted octanol–water partition coefficient (Wildman–Crippen LogP) is 1.60. The van der Waals surface area contributed by atoms with Crippen molar-refractivity contribution >= 4 is 17.7 Å². The number of aliphatic carboxylic acids is 1. The lowest BCUT2D eigenvalue weighted by atomic mass is 10.3. The van der Waals surface area contributed by atoms with Gasteiger partial charge in [0, 0.05) is 12.4 Å². The van der Waals surface area contributed by atoms with Gasteiger partial charge in [-0.1, -0.05) is 0 Å². The first-order valence-corrected chi connectivity index (χ1v) is 6.52. The highest BCUT2D eigenvalue weighted by molar-refractivity contribution is 7.99. The van der Waals surface area contributed by atoms with Gasteiger partial charge in [0.05, 0.1) is 0 Å². The van der Waals surface area contributed by atoms with Crippen LogP contribution in [0.1, 0.15) is 23.8 Å². The summed E-state index contributed by atoms with van der Waals surface area (Å²) in [4.78, 5) is 10.8. The molecule has 5 nitrogen and oxygen atoms in total. The van der Waals surface area contributed by atoms with Gasteiger partial charge >= 0.3 is 5.97 Å². The normalized spacial score (nSPS) is 24.1. The van der Waals surface area contributed by atoms with Crippen molar-refractivity contribution in [2.45, 2.75) is 24.9 Å². The lowest BCUT2D eigenvalue weighted by molar-refractivity contribution is -0.138. The van der Waals surface area contributed by atoms with Crippen molar-refractivity contribution in [3.8, 4) is 0 Å². The zero-order chi connectivity index (χ0) is 12.3. The maximum atomic E-state index is 10.8. The Balaban J connectivity index is 1.94. The summed E-state index contributed by atoms with van der Waals surface area (Å²) in [5, 5.41) is 11.8. The van der Waals surface area contributed by atoms with Crippen LogP contribution in [0, 0.1) is 0 Å². The Hall–Kier alpha value is -0.980. The van der Waals surface area contributed by atoms with Gasteiger partial charge in [-0.05, 0) is 19.1 Å². The molecule has 0 aromatic carbocycles.